The Labute approximate surface area is 223 Å². The van der Waals surface area contributed by atoms with Crippen LogP contribution in [0.3, 0.4) is 0 Å². The number of nitrogens with zero attached hydrogens (tertiary/aromatic N) is 2. The van der Waals surface area contributed by atoms with E-state index in [4.69, 9.17) is 4.74 Å². The van der Waals surface area contributed by atoms with Crippen LogP contribution in [-0.4, -0.2) is 69.4 Å². The van der Waals surface area contributed by atoms with Gasteiger partial charge in [-0.05, 0) is 54.4 Å². The fourth-order valence-electron chi connectivity index (χ4n) is 4.42. The molecule has 0 unspecified atom stereocenters. The molecule has 0 saturated carbocycles. The van der Waals surface area contributed by atoms with Crippen molar-refractivity contribution >= 4 is 20.0 Å². The summed E-state index contributed by atoms with van der Waals surface area (Å²) in [4.78, 5) is 0.0244. The van der Waals surface area contributed by atoms with Gasteiger partial charge in [0.15, 0.2) is 0 Å². The molecule has 8 nitrogen and oxygen atoms in total. The van der Waals surface area contributed by atoms with E-state index >= 15 is 0 Å². The Morgan fingerprint density at radius 3 is 2.42 bits per heavy atom. The van der Waals surface area contributed by atoms with Gasteiger partial charge in [-0.15, -0.1) is 0 Å². The minimum atomic E-state index is -4.07. The number of aliphatic hydroxyl groups excluding tert-OH is 1. The van der Waals surface area contributed by atoms with Crippen molar-refractivity contribution in [1.29, 1.82) is 0 Å². The third kappa shape index (κ3) is 5.62. The molecule has 1 aliphatic rings. The molecule has 3 atom stereocenters. The van der Waals surface area contributed by atoms with Gasteiger partial charge in [-0.2, -0.15) is 8.61 Å². The first-order chi connectivity index (χ1) is 17.9. The number of hydrogen-bond acceptors (Lipinski definition) is 6. The minimum absolute atomic E-state index is 0.0129. The SMILES string of the molecule is C[C@H](CO)N1C[C@H](C)[C@@H](CN(C)S(=O)(=O)c2ccccc2)Oc2cc(-c3cccc(F)c3)ccc2S1(=O)=O. The number of sulfonamides is 2. The zero-order valence-corrected chi connectivity index (χ0v) is 23.0. The summed E-state index contributed by atoms with van der Waals surface area (Å²) < 4.78 is 76.3. The smallest absolute Gasteiger partial charge is 0.247 e. The van der Waals surface area contributed by atoms with Crippen LogP contribution >= 0.6 is 0 Å². The maximum absolute atomic E-state index is 13.9. The highest BCUT2D eigenvalue weighted by atomic mass is 32.2. The highest BCUT2D eigenvalue weighted by molar-refractivity contribution is 7.89. The molecule has 0 aromatic heterocycles. The number of benzene rings is 3. The molecule has 3 aromatic carbocycles. The van der Waals surface area contributed by atoms with Gasteiger partial charge in [-0.1, -0.05) is 43.3 Å². The molecule has 11 heteroatoms. The molecule has 0 bridgehead atoms. The van der Waals surface area contributed by atoms with Crippen LogP contribution in [-0.2, 0) is 20.0 Å². The van der Waals surface area contributed by atoms with Crippen molar-refractivity contribution in [3.05, 3.63) is 78.6 Å². The predicted octanol–water partition coefficient (Wildman–Crippen LogP) is 3.58. The molecule has 204 valence electrons. The van der Waals surface area contributed by atoms with Gasteiger partial charge in [0, 0.05) is 25.6 Å². The van der Waals surface area contributed by atoms with E-state index in [1.54, 1.807) is 50.2 Å². The molecule has 0 radical (unpaired) electrons. The van der Waals surface area contributed by atoms with Gasteiger partial charge in [0.1, 0.15) is 22.6 Å². The average molecular weight is 563 g/mol. The van der Waals surface area contributed by atoms with Crippen LogP contribution in [0.25, 0.3) is 11.1 Å². The van der Waals surface area contributed by atoms with Crippen molar-refractivity contribution in [1.82, 2.24) is 8.61 Å². The largest absolute Gasteiger partial charge is 0.487 e. The van der Waals surface area contributed by atoms with Crippen LogP contribution in [0.2, 0.25) is 0 Å². The molecule has 0 aliphatic carbocycles. The summed E-state index contributed by atoms with van der Waals surface area (Å²) in [5.41, 5.74) is 1.07. The molecule has 4 rings (SSSR count). The van der Waals surface area contributed by atoms with Gasteiger partial charge >= 0.3 is 0 Å². The van der Waals surface area contributed by atoms with Gasteiger partial charge in [-0.3, -0.25) is 0 Å². The van der Waals surface area contributed by atoms with Crippen LogP contribution in [0, 0.1) is 11.7 Å². The lowest BCUT2D eigenvalue weighted by atomic mass is 10.0. The lowest BCUT2D eigenvalue weighted by Gasteiger charge is -2.37. The van der Waals surface area contributed by atoms with E-state index in [-0.39, 0.29) is 28.6 Å². The van der Waals surface area contributed by atoms with Gasteiger partial charge in [-0.25, -0.2) is 21.2 Å². The van der Waals surface area contributed by atoms with Crippen molar-refractivity contribution in [2.75, 3.05) is 26.7 Å². The van der Waals surface area contributed by atoms with E-state index in [9.17, 15) is 26.3 Å². The van der Waals surface area contributed by atoms with E-state index in [0.29, 0.717) is 11.1 Å². The molecule has 0 amide bonds. The van der Waals surface area contributed by atoms with Crippen LogP contribution in [0.5, 0.6) is 5.75 Å². The number of ether oxygens (including phenoxy) is 1. The van der Waals surface area contributed by atoms with Crippen molar-refractivity contribution < 1.29 is 31.1 Å². The third-order valence-electron chi connectivity index (χ3n) is 6.71. The topological polar surface area (TPSA) is 104 Å². The highest BCUT2D eigenvalue weighted by Gasteiger charge is 2.39. The number of aliphatic hydroxyl groups is 1. The molecular weight excluding hydrogens is 531 g/mol. The van der Waals surface area contributed by atoms with E-state index in [1.807, 2.05) is 0 Å². The first-order valence-corrected chi connectivity index (χ1v) is 15.0. The van der Waals surface area contributed by atoms with Gasteiger partial charge < -0.3 is 9.84 Å². The maximum atomic E-state index is 13.9. The lowest BCUT2D eigenvalue weighted by Crippen LogP contribution is -2.50. The molecule has 3 aromatic rings. The Hall–Kier alpha value is -2.83. The number of halogens is 1. The van der Waals surface area contributed by atoms with Crippen molar-refractivity contribution in [2.24, 2.45) is 5.92 Å². The summed E-state index contributed by atoms with van der Waals surface area (Å²) in [6.45, 7) is 2.95. The second-order valence-corrected chi connectivity index (χ2v) is 13.4. The minimum Gasteiger partial charge on any atom is -0.487 e. The number of fused-ring (bicyclic) bond motifs is 1. The second kappa shape index (κ2) is 11.1. The van der Waals surface area contributed by atoms with E-state index in [1.165, 1.54) is 52.1 Å². The van der Waals surface area contributed by atoms with Crippen LogP contribution in [0.1, 0.15) is 13.8 Å². The van der Waals surface area contributed by atoms with E-state index < -0.39 is 50.5 Å². The van der Waals surface area contributed by atoms with Gasteiger partial charge in [0.2, 0.25) is 20.0 Å². The standard InChI is InChI=1S/C27H31FN2O6S2/c1-19-16-30(20(2)18-31)38(34,35)27-13-12-22(21-8-7-9-23(28)14-21)15-25(27)36-26(19)17-29(3)37(32,33)24-10-5-4-6-11-24/h4-15,19-20,26,31H,16-18H2,1-3H3/t19-,20+,26+/m0/s1. The van der Waals surface area contributed by atoms with Gasteiger partial charge in [0.25, 0.3) is 0 Å². The number of hydrogen-bond donors (Lipinski definition) is 1. The first kappa shape index (κ1) is 28.2. The molecule has 38 heavy (non-hydrogen) atoms. The maximum Gasteiger partial charge on any atom is 0.247 e. The fourth-order valence-corrected chi connectivity index (χ4v) is 7.44. The molecule has 0 fully saturated rings. The average Bonchev–Trinajstić information content (AvgIpc) is 2.90. The van der Waals surface area contributed by atoms with Crippen LogP contribution in [0.15, 0.2) is 82.6 Å². The zero-order valence-electron chi connectivity index (χ0n) is 21.4. The predicted molar refractivity (Wildman–Crippen MR) is 142 cm³/mol. The molecule has 1 heterocycles. The molecule has 1 N–H and O–H groups in total. The van der Waals surface area contributed by atoms with Crippen molar-refractivity contribution in [2.45, 2.75) is 35.8 Å². The quantitative estimate of drug-likeness (QED) is 0.472. The molecule has 0 saturated heterocycles. The second-order valence-electron chi connectivity index (χ2n) is 9.51. The van der Waals surface area contributed by atoms with E-state index in [2.05, 4.69) is 0 Å². The molecule has 1 aliphatic heterocycles. The number of rotatable bonds is 7. The molecular formula is C27H31FN2O6S2. The third-order valence-corrected chi connectivity index (χ3v) is 10.6. The Morgan fingerprint density at radius 2 is 1.76 bits per heavy atom. The highest BCUT2D eigenvalue weighted by Crippen LogP contribution is 2.37. The fraction of sp³-hybridized carbons (Fsp3) is 0.333. The van der Waals surface area contributed by atoms with Crippen molar-refractivity contribution in [3.8, 4) is 16.9 Å². The summed E-state index contributed by atoms with van der Waals surface area (Å²) in [5.74, 6) is -0.855. The first-order valence-electron chi connectivity index (χ1n) is 12.2. The normalized spacial score (nSPS) is 20.7. The monoisotopic (exact) mass is 562 g/mol. The van der Waals surface area contributed by atoms with Gasteiger partial charge in [0.05, 0.1) is 18.0 Å². The number of likely N-dealkylation sites (N-methyl/N-ethyl adjacent to an activating group) is 1. The Bertz CT molecular complexity index is 1500. The summed E-state index contributed by atoms with van der Waals surface area (Å²) in [5, 5.41) is 9.82. The summed E-state index contributed by atoms with van der Waals surface area (Å²) >= 11 is 0. The Balaban J connectivity index is 1.78. The van der Waals surface area contributed by atoms with Crippen molar-refractivity contribution in [3.63, 3.8) is 0 Å². The zero-order chi connectivity index (χ0) is 27.7. The van der Waals surface area contributed by atoms with E-state index in [0.717, 1.165) is 0 Å². The molecule has 0 spiro atoms. The Morgan fingerprint density at radius 1 is 1.08 bits per heavy atom. The summed E-state index contributed by atoms with van der Waals surface area (Å²) in [6.07, 6.45) is -0.733. The van der Waals surface area contributed by atoms with Crippen LogP contribution < -0.4 is 4.74 Å². The van der Waals surface area contributed by atoms with Crippen LogP contribution in [0.4, 0.5) is 4.39 Å². The summed E-state index contributed by atoms with van der Waals surface area (Å²) in [6, 6.07) is 17.7. The summed E-state index contributed by atoms with van der Waals surface area (Å²) in [7, 11) is -6.46. The Kier molecular flexibility index (Phi) is 8.24. The lowest BCUT2D eigenvalue weighted by molar-refractivity contribution is 0.0905.